The van der Waals surface area contributed by atoms with Gasteiger partial charge in [-0.3, -0.25) is 9.59 Å². The van der Waals surface area contributed by atoms with Crippen LogP contribution in [0.2, 0.25) is 0 Å². The van der Waals surface area contributed by atoms with Crippen molar-refractivity contribution in [1.82, 2.24) is 0 Å². The van der Waals surface area contributed by atoms with Gasteiger partial charge in [0.05, 0.1) is 34.0 Å². The van der Waals surface area contributed by atoms with Gasteiger partial charge in [0.1, 0.15) is 23.0 Å². The van der Waals surface area contributed by atoms with Crippen molar-refractivity contribution in [2.45, 2.75) is 5.38 Å². The summed E-state index contributed by atoms with van der Waals surface area (Å²) >= 11 is 5.92. The van der Waals surface area contributed by atoms with E-state index in [0.29, 0.717) is 34.2 Å². The average Bonchev–Trinajstić information content (AvgIpc) is 2.76. The number of methoxy groups -OCH3 is 4. The van der Waals surface area contributed by atoms with Gasteiger partial charge >= 0.3 is 5.97 Å². The Morgan fingerprint density at radius 3 is 2.07 bits per heavy atom. The molecule has 0 radical (unpaired) electrons. The molecule has 0 spiro atoms. The van der Waals surface area contributed by atoms with Gasteiger partial charge in [0, 0.05) is 29.5 Å². The van der Waals surface area contributed by atoms with Gasteiger partial charge in [-0.1, -0.05) is 0 Å². The lowest BCUT2D eigenvalue weighted by molar-refractivity contribution is -0.136. The number of halogens is 1. The molecule has 0 heterocycles. The first kappa shape index (κ1) is 22.9. The van der Waals surface area contributed by atoms with Crippen molar-refractivity contribution < 1.29 is 33.6 Å². The van der Waals surface area contributed by atoms with Crippen LogP contribution in [0.1, 0.15) is 16.5 Å². The lowest BCUT2D eigenvalue weighted by atomic mass is 10.1. The average molecular weight is 436 g/mol. The summed E-state index contributed by atoms with van der Waals surface area (Å²) in [6, 6.07) is 7.90. The molecule has 30 heavy (non-hydrogen) atoms. The molecule has 0 saturated carbocycles. The Morgan fingerprint density at radius 1 is 0.967 bits per heavy atom. The molecule has 9 heteroatoms. The molecular weight excluding hydrogens is 414 g/mol. The van der Waals surface area contributed by atoms with Crippen LogP contribution in [0.4, 0.5) is 5.69 Å². The van der Waals surface area contributed by atoms with Crippen LogP contribution < -0.4 is 24.3 Å². The zero-order chi connectivity index (χ0) is 22.3. The first-order chi connectivity index (χ1) is 14.3. The Balaban J connectivity index is 2.27. The van der Waals surface area contributed by atoms with Crippen molar-refractivity contribution >= 4 is 35.2 Å². The molecule has 0 bridgehead atoms. The maximum absolute atomic E-state index is 12.4. The Labute approximate surface area is 179 Å². The van der Waals surface area contributed by atoms with Gasteiger partial charge in [-0.05, 0) is 24.3 Å². The molecule has 1 atom stereocenters. The van der Waals surface area contributed by atoms with Crippen molar-refractivity contribution in [3.63, 3.8) is 0 Å². The van der Waals surface area contributed by atoms with E-state index < -0.39 is 17.3 Å². The van der Waals surface area contributed by atoms with Crippen molar-refractivity contribution in [3.8, 4) is 23.0 Å². The number of carbonyl (C=O) groups is 2. The van der Waals surface area contributed by atoms with Crippen LogP contribution in [0.3, 0.4) is 0 Å². The van der Waals surface area contributed by atoms with Gasteiger partial charge in [-0.2, -0.15) is 0 Å². The van der Waals surface area contributed by atoms with Gasteiger partial charge in [-0.15, -0.1) is 11.6 Å². The van der Waals surface area contributed by atoms with Crippen molar-refractivity contribution in [1.29, 1.82) is 0 Å². The molecule has 2 aromatic carbocycles. The number of amides is 1. The van der Waals surface area contributed by atoms with Crippen LogP contribution in [0, 0.1) is 0 Å². The number of carboxylic acid groups (broad SMARTS) is 1. The van der Waals surface area contributed by atoms with E-state index in [4.69, 9.17) is 35.7 Å². The second-order valence-corrected chi connectivity index (χ2v) is 6.36. The zero-order valence-corrected chi connectivity index (χ0v) is 17.6. The number of hydrogen-bond donors (Lipinski definition) is 2. The number of ether oxygens (including phenoxy) is 4. The molecule has 0 saturated heterocycles. The minimum Gasteiger partial charge on any atom is -0.496 e. The molecule has 0 aliphatic heterocycles. The van der Waals surface area contributed by atoms with Crippen LogP contribution in [0.15, 0.2) is 36.4 Å². The number of carboxylic acids is 1. The quantitative estimate of drug-likeness (QED) is 0.456. The third-order valence-electron chi connectivity index (χ3n) is 4.14. The fraction of sp³-hybridized carbons (Fsp3) is 0.238. The summed E-state index contributed by atoms with van der Waals surface area (Å²) in [6.07, 6.45) is 2.84. The normalized spacial score (nSPS) is 11.6. The van der Waals surface area contributed by atoms with E-state index >= 15 is 0 Å². The number of carbonyl (C=O) groups excluding carboxylic acids is 1. The molecule has 0 fully saturated rings. The third-order valence-corrected chi connectivity index (χ3v) is 4.56. The Morgan fingerprint density at radius 2 is 1.57 bits per heavy atom. The number of benzene rings is 2. The van der Waals surface area contributed by atoms with E-state index in [2.05, 4.69) is 5.32 Å². The standard InChI is InChI=1S/C21H22ClNO7/c1-27-13-10-17(29-3)14(18(11-13)30-4)6-8-19(24)23-12-5-7-16(28-2)15(9-12)20(22)21(25)26/h5-11,20H,1-4H3,(H,23,24)(H,25,26). The van der Waals surface area contributed by atoms with E-state index in [1.54, 1.807) is 24.3 Å². The van der Waals surface area contributed by atoms with Gasteiger partial charge in [-0.25, -0.2) is 0 Å². The van der Waals surface area contributed by atoms with Crippen LogP contribution in [0.5, 0.6) is 23.0 Å². The van der Waals surface area contributed by atoms with Crippen LogP contribution in [-0.2, 0) is 9.59 Å². The van der Waals surface area contributed by atoms with E-state index in [-0.39, 0.29) is 5.56 Å². The molecule has 1 unspecified atom stereocenters. The molecule has 8 nitrogen and oxygen atoms in total. The summed E-state index contributed by atoms with van der Waals surface area (Å²) in [4.78, 5) is 23.6. The molecule has 160 valence electrons. The van der Waals surface area contributed by atoms with E-state index in [9.17, 15) is 9.59 Å². The summed E-state index contributed by atoms with van der Waals surface area (Å²) in [5.74, 6) is 0.107. The van der Waals surface area contributed by atoms with Gasteiger partial charge in [0.15, 0.2) is 5.38 Å². The highest BCUT2D eigenvalue weighted by molar-refractivity contribution is 6.30. The SMILES string of the molecule is COc1cc(OC)c(C=CC(=O)Nc2ccc(OC)c(C(Cl)C(=O)O)c2)c(OC)c1. The topological polar surface area (TPSA) is 103 Å². The molecule has 0 aromatic heterocycles. The minimum absolute atomic E-state index is 0.229. The Hall–Kier alpha value is -3.39. The van der Waals surface area contributed by atoms with E-state index in [1.165, 1.54) is 46.6 Å². The number of hydrogen-bond acceptors (Lipinski definition) is 6. The van der Waals surface area contributed by atoms with Crippen LogP contribution in [-0.4, -0.2) is 45.4 Å². The Bertz CT molecular complexity index is 933. The number of rotatable bonds is 9. The lowest BCUT2D eigenvalue weighted by Crippen LogP contribution is -2.10. The highest BCUT2D eigenvalue weighted by Crippen LogP contribution is 2.35. The van der Waals surface area contributed by atoms with E-state index in [0.717, 1.165) is 0 Å². The maximum Gasteiger partial charge on any atom is 0.326 e. The maximum atomic E-state index is 12.4. The second-order valence-electron chi connectivity index (χ2n) is 5.93. The molecule has 2 N–H and O–H groups in total. The number of anilines is 1. The monoisotopic (exact) mass is 435 g/mol. The van der Waals surface area contributed by atoms with Gasteiger partial charge in [0.25, 0.3) is 0 Å². The largest absolute Gasteiger partial charge is 0.496 e. The molecule has 0 aliphatic rings. The fourth-order valence-corrected chi connectivity index (χ4v) is 2.85. The Kier molecular flexibility index (Phi) is 7.94. The summed E-state index contributed by atoms with van der Waals surface area (Å²) in [7, 11) is 5.92. The number of alkyl halides is 1. The molecule has 2 rings (SSSR count). The first-order valence-electron chi connectivity index (χ1n) is 8.68. The van der Waals surface area contributed by atoms with E-state index in [1.807, 2.05) is 0 Å². The van der Waals surface area contributed by atoms with Crippen LogP contribution >= 0.6 is 11.6 Å². The second kappa shape index (κ2) is 10.4. The highest BCUT2D eigenvalue weighted by Gasteiger charge is 2.21. The van der Waals surface area contributed by atoms with Gasteiger partial charge < -0.3 is 29.4 Å². The van der Waals surface area contributed by atoms with Crippen molar-refractivity contribution in [2.24, 2.45) is 0 Å². The molecule has 2 aromatic rings. The fourth-order valence-electron chi connectivity index (χ4n) is 2.68. The van der Waals surface area contributed by atoms with Crippen molar-refractivity contribution in [3.05, 3.63) is 47.5 Å². The summed E-state index contributed by atoms with van der Waals surface area (Å²) in [6.45, 7) is 0. The summed E-state index contributed by atoms with van der Waals surface area (Å²) in [5.41, 5.74) is 1.14. The lowest BCUT2D eigenvalue weighted by Gasteiger charge is -2.13. The third kappa shape index (κ3) is 5.36. The summed E-state index contributed by atoms with van der Waals surface area (Å²) in [5, 5.41) is 10.5. The van der Waals surface area contributed by atoms with Gasteiger partial charge in [0.2, 0.25) is 5.91 Å². The smallest absolute Gasteiger partial charge is 0.326 e. The molecular formula is C21H22ClNO7. The number of aliphatic carboxylic acids is 1. The summed E-state index contributed by atoms with van der Waals surface area (Å²) < 4.78 is 21.0. The first-order valence-corrected chi connectivity index (χ1v) is 9.12. The highest BCUT2D eigenvalue weighted by atomic mass is 35.5. The predicted molar refractivity (Wildman–Crippen MR) is 113 cm³/mol. The predicted octanol–water partition coefficient (Wildman–Crippen LogP) is 3.74. The molecule has 1 amide bonds. The molecule has 0 aliphatic carbocycles. The minimum atomic E-state index is -1.32. The zero-order valence-electron chi connectivity index (χ0n) is 16.9. The number of nitrogens with one attached hydrogen (secondary N) is 1. The van der Waals surface area contributed by atoms with Crippen LogP contribution in [0.25, 0.3) is 6.08 Å². The van der Waals surface area contributed by atoms with Crippen molar-refractivity contribution in [2.75, 3.05) is 33.8 Å².